The Morgan fingerprint density at radius 3 is 2.29 bits per heavy atom. The van der Waals surface area contributed by atoms with E-state index in [0.717, 1.165) is 25.6 Å². The highest BCUT2D eigenvalue weighted by Crippen LogP contribution is 2.13. The highest BCUT2D eigenvalue weighted by Gasteiger charge is 2.38. The van der Waals surface area contributed by atoms with Gasteiger partial charge in [0.15, 0.2) is 0 Å². The smallest absolute Gasteiger partial charge is 0.475 e. The second-order valence-corrected chi connectivity index (χ2v) is 3.66. The topological polar surface area (TPSA) is 75.8 Å². The first-order valence-electron chi connectivity index (χ1n) is 5.02. The summed E-state index contributed by atoms with van der Waals surface area (Å²) in [5.41, 5.74) is 5.47. The van der Waals surface area contributed by atoms with E-state index in [1.165, 1.54) is 13.1 Å². The van der Waals surface area contributed by atoms with E-state index in [1.807, 2.05) is 0 Å². The van der Waals surface area contributed by atoms with Crippen LogP contribution >= 0.6 is 0 Å². The average Bonchev–Trinajstić information content (AvgIpc) is 2.15. The molecule has 0 aliphatic carbocycles. The van der Waals surface area contributed by atoms with E-state index in [0.29, 0.717) is 0 Å². The molecule has 0 atom stereocenters. The molecule has 0 spiro atoms. The van der Waals surface area contributed by atoms with E-state index < -0.39 is 12.1 Å². The summed E-state index contributed by atoms with van der Waals surface area (Å²) in [5.74, 6) is -2.01. The van der Waals surface area contributed by atoms with Gasteiger partial charge in [-0.25, -0.2) is 4.79 Å². The Kier molecular flexibility index (Phi) is 7.09. The Labute approximate surface area is 97.3 Å². The Bertz CT molecular complexity index is 227. The maximum atomic E-state index is 10.6. The fraction of sp³-hybridized carbons (Fsp3) is 0.889. The van der Waals surface area contributed by atoms with E-state index in [2.05, 4.69) is 4.90 Å². The molecular formula is C9H17F3N2O3. The molecule has 102 valence electrons. The fourth-order valence-corrected chi connectivity index (χ4v) is 1.23. The van der Waals surface area contributed by atoms with Gasteiger partial charge in [-0.2, -0.15) is 13.2 Å². The van der Waals surface area contributed by atoms with Gasteiger partial charge in [0.2, 0.25) is 0 Å². The normalized spacial score (nSPS) is 17.0. The molecule has 0 unspecified atom stereocenters. The summed E-state index contributed by atoms with van der Waals surface area (Å²) < 4.78 is 36.7. The molecule has 1 fully saturated rings. The number of nitrogens with zero attached hydrogens (tertiary/aromatic N) is 1. The van der Waals surface area contributed by atoms with E-state index in [1.54, 1.807) is 7.11 Å². The Balaban J connectivity index is 0.000000325. The lowest BCUT2D eigenvalue weighted by Gasteiger charge is -2.38. The second-order valence-electron chi connectivity index (χ2n) is 3.66. The predicted molar refractivity (Wildman–Crippen MR) is 54.6 cm³/mol. The van der Waals surface area contributed by atoms with Crippen LogP contribution < -0.4 is 5.73 Å². The molecule has 0 radical (unpaired) electrons. The lowest BCUT2D eigenvalue weighted by Crippen LogP contribution is -2.50. The molecule has 1 aliphatic rings. The first-order valence-corrected chi connectivity index (χ1v) is 5.02. The van der Waals surface area contributed by atoms with Gasteiger partial charge < -0.3 is 20.5 Å². The summed E-state index contributed by atoms with van der Waals surface area (Å²) in [6.07, 6.45) is -5.08. The Morgan fingerprint density at radius 1 is 1.53 bits per heavy atom. The maximum absolute atomic E-state index is 10.6. The Morgan fingerprint density at radius 2 is 2.00 bits per heavy atom. The van der Waals surface area contributed by atoms with Crippen molar-refractivity contribution in [2.45, 2.75) is 6.18 Å². The number of carboxylic acid groups (broad SMARTS) is 1. The number of hydrogen-bond donors (Lipinski definition) is 2. The molecule has 17 heavy (non-hydrogen) atoms. The number of methoxy groups -OCH3 is 1. The van der Waals surface area contributed by atoms with Crippen molar-refractivity contribution in [3.05, 3.63) is 0 Å². The number of halogens is 3. The zero-order valence-corrected chi connectivity index (χ0v) is 9.54. The van der Waals surface area contributed by atoms with Gasteiger partial charge in [-0.3, -0.25) is 0 Å². The number of nitrogens with two attached hydrogens (primary N) is 1. The number of rotatable bonds is 4. The van der Waals surface area contributed by atoms with Crippen molar-refractivity contribution in [2.75, 3.05) is 39.9 Å². The van der Waals surface area contributed by atoms with E-state index in [4.69, 9.17) is 20.4 Å². The van der Waals surface area contributed by atoms with Crippen molar-refractivity contribution < 1.29 is 27.8 Å². The van der Waals surface area contributed by atoms with Gasteiger partial charge in [0.05, 0.1) is 6.61 Å². The molecule has 0 bridgehead atoms. The van der Waals surface area contributed by atoms with E-state index in [-0.39, 0.29) is 0 Å². The third kappa shape index (κ3) is 7.14. The summed E-state index contributed by atoms with van der Waals surface area (Å²) in [7, 11) is 1.74. The number of carbonyl (C=O) groups is 1. The van der Waals surface area contributed by atoms with Gasteiger partial charge in [-0.15, -0.1) is 0 Å². The van der Waals surface area contributed by atoms with Gasteiger partial charge in [0.25, 0.3) is 0 Å². The van der Waals surface area contributed by atoms with Crippen molar-refractivity contribution in [2.24, 2.45) is 11.7 Å². The lowest BCUT2D eigenvalue weighted by molar-refractivity contribution is -0.192. The van der Waals surface area contributed by atoms with Crippen LogP contribution in [0.25, 0.3) is 0 Å². The molecule has 3 N–H and O–H groups in total. The number of likely N-dealkylation sites (tertiary alicyclic amines) is 1. The number of alkyl halides is 3. The number of aliphatic carboxylic acids is 1. The van der Waals surface area contributed by atoms with Gasteiger partial charge in [0.1, 0.15) is 0 Å². The Hall–Kier alpha value is -0.860. The minimum absolute atomic E-state index is 0.747. The van der Waals surface area contributed by atoms with Crippen molar-refractivity contribution in [1.29, 1.82) is 0 Å². The highest BCUT2D eigenvalue weighted by atomic mass is 19.4. The molecule has 1 heterocycles. The van der Waals surface area contributed by atoms with Crippen LogP contribution in [0.3, 0.4) is 0 Å². The summed E-state index contributed by atoms with van der Waals surface area (Å²) in [6, 6.07) is 0. The first kappa shape index (κ1) is 16.1. The predicted octanol–water partition coefficient (Wildman–Crippen LogP) is 0.157. The van der Waals surface area contributed by atoms with E-state index >= 15 is 0 Å². The van der Waals surface area contributed by atoms with E-state index in [9.17, 15) is 13.2 Å². The second kappa shape index (κ2) is 7.46. The molecule has 0 aromatic rings. The minimum atomic E-state index is -5.08. The lowest BCUT2D eigenvalue weighted by atomic mass is 10.0. The molecule has 5 nitrogen and oxygen atoms in total. The van der Waals surface area contributed by atoms with Crippen LogP contribution in [0.2, 0.25) is 0 Å². The van der Waals surface area contributed by atoms with Gasteiger partial charge in [-0.1, -0.05) is 0 Å². The van der Waals surface area contributed by atoms with Crippen LogP contribution in [0, 0.1) is 5.92 Å². The van der Waals surface area contributed by atoms with Crippen molar-refractivity contribution in [3.8, 4) is 0 Å². The molecule has 1 saturated heterocycles. The molecule has 0 aromatic carbocycles. The summed E-state index contributed by atoms with van der Waals surface area (Å²) in [5, 5.41) is 7.12. The molecule has 0 aromatic heterocycles. The van der Waals surface area contributed by atoms with Crippen molar-refractivity contribution in [1.82, 2.24) is 4.90 Å². The van der Waals surface area contributed by atoms with Crippen LogP contribution in [0.4, 0.5) is 13.2 Å². The van der Waals surface area contributed by atoms with Crippen molar-refractivity contribution in [3.63, 3.8) is 0 Å². The monoisotopic (exact) mass is 258 g/mol. The summed E-state index contributed by atoms with van der Waals surface area (Å²) in [6.45, 7) is 5.08. The zero-order chi connectivity index (χ0) is 13.5. The van der Waals surface area contributed by atoms with Gasteiger partial charge >= 0.3 is 12.1 Å². The quantitative estimate of drug-likeness (QED) is 0.751. The third-order valence-corrected chi connectivity index (χ3v) is 2.22. The summed E-state index contributed by atoms with van der Waals surface area (Å²) >= 11 is 0. The van der Waals surface area contributed by atoms with Crippen LogP contribution in [0.15, 0.2) is 0 Å². The number of hydrogen-bond acceptors (Lipinski definition) is 4. The molecule has 8 heteroatoms. The largest absolute Gasteiger partial charge is 0.490 e. The molecule has 1 rings (SSSR count). The van der Waals surface area contributed by atoms with Crippen LogP contribution in [0.1, 0.15) is 0 Å². The molecular weight excluding hydrogens is 241 g/mol. The third-order valence-electron chi connectivity index (χ3n) is 2.22. The molecule has 0 saturated carbocycles. The van der Waals surface area contributed by atoms with Crippen LogP contribution in [-0.4, -0.2) is 62.0 Å². The number of carboxylic acids is 1. The van der Waals surface area contributed by atoms with Gasteiger partial charge in [0, 0.05) is 26.7 Å². The zero-order valence-electron chi connectivity index (χ0n) is 9.54. The maximum Gasteiger partial charge on any atom is 0.490 e. The minimum Gasteiger partial charge on any atom is -0.475 e. The average molecular weight is 258 g/mol. The summed E-state index contributed by atoms with van der Waals surface area (Å²) in [4.78, 5) is 11.3. The highest BCUT2D eigenvalue weighted by molar-refractivity contribution is 5.73. The van der Waals surface area contributed by atoms with Crippen LogP contribution in [0.5, 0.6) is 0 Å². The first-order chi connectivity index (χ1) is 7.81. The SMILES string of the molecule is COCCN1CC(CN)C1.O=C(O)C(F)(F)F. The fourth-order valence-electron chi connectivity index (χ4n) is 1.23. The molecule has 1 aliphatic heterocycles. The standard InChI is InChI=1S/C7H16N2O.C2HF3O2/c1-10-3-2-9-5-7(4-8)6-9;3-2(4,5)1(6)7/h7H,2-6,8H2,1H3;(H,6,7). The van der Waals surface area contributed by atoms with Crippen molar-refractivity contribution >= 4 is 5.97 Å². The number of ether oxygens (including phenoxy) is 1. The van der Waals surface area contributed by atoms with Crippen LogP contribution in [-0.2, 0) is 9.53 Å². The van der Waals surface area contributed by atoms with Gasteiger partial charge in [-0.05, 0) is 12.5 Å². The molecule has 0 amide bonds.